The van der Waals surface area contributed by atoms with E-state index >= 15 is 0 Å². The second kappa shape index (κ2) is 4.88. The van der Waals surface area contributed by atoms with Crippen molar-refractivity contribution in [1.82, 2.24) is 14.4 Å². The van der Waals surface area contributed by atoms with Gasteiger partial charge in [-0.3, -0.25) is 9.20 Å². The van der Waals surface area contributed by atoms with Gasteiger partial charge in [0.1, 0.15) is 0 Å². The van der Waals surface area contributed by atoms with Crippen LogP contribution in [0, 0.1) is 6.92 Å². The zero-order valence-electron chi connectivity index (χ0n) is 12.2. The summed E-state index contributed by atoms with van der Waals surface area (Å²) in [5, 5.41) is 0.280. The van der Waals surface area contributed by atoms with E-state index in [0.717, 1.165) is 5.52 Å². The van der Waals surface area contributed by atoms with E-state index < -0.39 is 5.63 Å². The molecule has 0 atom stereocenters. The zero-order valence-corrected chi connectivity index (χ0v) is 12.2. The molecule has 6 nitrogen and oxygen atoms in total. The summed E-state index contributed by atoms with van der Waals surface area (Å²) in [5.74, 6) is 0.323. The van der Waals surface area contributed by atoms with Crippen LogP contribution in [0.2, 0.25) is 0 Å². The van der Waals surface area contributed by atoms with Gasteiger partial charge in [-0.15, -0.1) is 0 Å². The number of carbonyl (C=O) groups is 1. The summed E-state index contributed by atoms with van der Waals surface area (Å²) < 4.78 is 6.70. The number of ketones is 1. The van der Waals surface area contributed by atoms with Crippen LogP contribution in [0.4, 0.5) is 0 Å². The van der Waals surface area contributed by atoms with E-state index in [4.69, 9.17) is 4.42 Å². The molecule has 0 fully saturated rings. The van der Waals surface area contributed by atoms with Gasteiger partial charge in [0.05, 0.1) is 22.6 Å². The Labute approximate surface area is 130 Å². The molecule has 4 aromatic rings. The Morgan fingerprint density at radius 1 is 1.22 bits per heavy atom. The quantitative estimate of drug-likeness (QED) is 0.531. The molecule has 0 radical (unpaired) electrons. The van der Waals surface area contributed by atoms with Crippen LogP contribution in [0.3, 0.4) is 0 Å². The molecule has 0 aliphatic rings. The van der Waals surface area contributed by atoms with Crippen molar-refractivity contribution < 1.29 is 9.21 Å². The molecule has 3 aromatic heterocycles. The molecule has 0 N–H and O–H groups in total. The molecule has 0 amide bonds. The highest BCUT2D eigenvalue weighted by molar-refractivity contribution is 6.08. The number of aromatic nitrogens is 3. The van der Waals surface area contributed by atoms with E-state index in [1.54, 1.807) is 35.9 Å². The first-order valence-electron chi connectivity index (χ1n) is 7.02. The Morgan fingerprint density at radius 3 is 2.96 bits per heavy atom. The van der Waals surface area contributed by atoms with Crippen molar-refractivity contribution in [1.29, 1.82) is 0 Å². The lowest BCUT2D eigenvalue weighted by Crippen LogP contribution is -2.09. The zero-order chi connectivity index (χ0) is 16.0. The van der Waals surface area contributed by atoms with Gasteiger partial charge in [0.15, 0.2) is 11.7 Å². The van der Waals surface area contributed by atoms with Crippen molar-refractivity contribution >= 4 is 22.2 Å². The minimum absolute atomic E-state index is 0.266. The number of nitrogens with zero attached hydrogens (tertiary/aromatic N) is 3. The third-order valence-corrected chi connectivity index (χ3v) is 3.64. The van der Waals surface area contributed by atoms with E-state index in [1.807, 2.05) is 18.2 Å². The largest absolute Gasteiger partial charge is 0.408 e. The topological polar surface area (TPSA) is 77.5 Å². The smallest absolute Gasteiger partial charge is 0.346 e. The third-order valence-electron chi connectivity index (χ3n) is 3.64. The number of imidazole rings is 1. The van der Waals surface area contributed by atoms with Crippen LogP contribution in [0.15, 0.2) is 58.0 Å². The normalized spacial score (nSPS) is 11.2. The molecule has 0 spiro atoms. The predicted molar refractivity (Wildman–Crippen MR) is 83.6 cm³/mol. The maximum atomic E-state index is 12.7. The molecule has 0 saturated heterocycles. The monoisotopic (exact) mass is 305 g/mol. The molecule has 6 heteroatoms. The first-order valence-corrected chi connectivity index (χ1v) is 7.02. The molecular weight excluding hydrogens is 294 g/mol. The van der Waals surface area contributed by atoms with Crippen molar-refractivity contribution in [3.05, 3.63) is 76.5 Å². The lowest BCUT2D eigenvalue weighted by Gasteiger charge is -2.03. The van der Waals surface area contributed by atoms with Crippen LogP contribution in [-0.2, 0) is 0 Å². The second-order valence-corrected chi connectivity index (χ2v) is 5.16. The average molecular weight is 305 g/mol. The highest BCUT2D eigenvalue weighted by Crippen LogP contribution is 2.16. The maximum Gasteiger partial charge on any atom is 0.346 e. The summed E-state index contributed by atoms with van der Waals surface area (Å²) >= 11 is 0. The maximum absolute atomic E-state index is 12.7. The number of hydrogen-bond acceptors (Lipinski definition) is 5. The second-order valence-electron chi connectivity index (χ2n) is 5.16. The van der Waals surface area contributed by atoms with Gasteiger partial charge in [-0.25, -0.2) is 14.8 Å². The van der Waals surface area contributed by atoms with Gasteiger partial charge >= 0.3 is 5.63 Å². The first-order chi connectivity index (χ1) is 11.1. The standard InChI is InChI=1S/C17H11N3O3/c1-10-19-14-6-5-11(8-13(14)17(22)23-10)15(21)16-18-9-12-4-2-3-7-20(12)16/h2-9H,1H3. The van der Waals surface area contributed by atoms with Crippen molar-refractivity contribution in [2.75, 3.05) is 0 Å². The van der Waals surface area contributed by atoms with Crippen molar-refractivity contribution in [3.8, 4) is 0 Å². The molecule has 0 saturated carbocycles. The van der Waals surface area contributed by atoms with Crippen molar-refractivity contribution in [2.24, 2.45) is 0 Å². The number of carbonyl (C=O) groups excluding carboxylic acids is 1. The highest BCUT2D eigenvalue weighted by Gasteiger charge is 2.16. The lowest BCUT2D eigenvalue weighted by atomic mass is 10.1. The van der Waals surface area contributed by atoms with Crippen LogP contribution in [-0.4, -0.2) is 20.2 Å². The van der Waals surface area contributed by atoms with Crippen molar-refractivity contribution in [3.63, 3.8) is 0 Å². The van der Waals surface area contributed by atoms with E-state index in [2.05, 4.69) is 9.97 Å². The van der Waals surface area contributed by atoms with Crippen LogP contribution in [0.5, 0.6) is 0 Å². The number of benzene rings is 1. The Kier molecular flexibility index (Phi) is 2.84. The molecule has 0 unspecified atom stereocenters. The molecule has 112 valence electrons. The summed E-state index contributed by atoms with van der Waals surface area (Å²) in [6.45, 7) is 1.61. The van der Waals surface area contributed by atoms with Crippen LogP contribution in [0.1, 0.15) is 22.1 Å². The SMILES string of the molecule is Cc1nc2ccc(C(=O)c3ncc4ccccn34)cc2c(=O)o1. The summed E-state index contributed by atoms with van der Waals surface area (Å²) in [5.41, 5.74) is 1.19. The van der Waals surface area contributed by atoms with Gasteiger partial charge < -0.3 is 4.42 Å². The molecule has 0 aliphatic heterocycles. The molecular formula is C17H11N3O3. The van der Waals surface area contributed by atoms with E-state index in [-0.39, 0.29) is 11.2 Å². The number of pyridine rings is 1. The molecule has 3 heterocycles. The number of rotatable bonds is 2. The minimum atomic E-state index is -0.505. The average Bonchev–Trinajstić information content (AvgIpc) is 2.98. The lowest BCUT2D eigenvalue weighted by molar-refractivity contribution is 0.102. The van der Waals surface area contributed by atoms with Crippen molar-refractivity contribution in [2.45, 2.75) is 6.92 Å². The van der Waals surface area contributed by atoms with Crippen LogP contribution >= 0.6 is 0 Å². The molecule has 1 aromatic carbocycles. The summed E-state index contributed by atoms with van der Waals surface area (Å²) in [4.78, 5) is 33.0. The fourth-order valence-electron chi connectivity index (χ4n) is 2.56. The van der Waals surface area contributed by atoms with Gasteiger partial charge in [-0.1, -0.05) is 6.07 Å². The van der Waals surface area contributed by atoms with Gasteiger partial charge in [-0.05, 0) is 30.3 Å². The molecule has 23 heavy (non-hydrogen) atoms. The van der Waals surface area contributed by atoms with Crippen LogP contribution < -0.4 is 5.63 Å². The van der Waals surface area contributed by atoms with Gasteiger partial charge in [-0.2, -0.15) is 0 Å². The fourth-order valence-corrected chi connectivity index (χ4v) is 2.56. The van der Waals surface area contributed by atoms with E-state index in [9.17, 15) is 9.59 Å². The van der Waals surface area contributed by atoms with E-state index in [1.165, 1.54) is 6.07 Å². The first kappa shape index (κ1) is 13.4. The van der Waals surface area contributed by atoms with E-state index in [0.29, 0.717) is 22.8 Å². The summed E-state index contributed by atoms with van der Waals surface area (Å²) in [7, 11) is 0. The molecule has 0 aliphatic carbocycles. The summed E-state index contributed by atoms with van der Waals surface area (Å²) in [6.07, 6.45) is 3.41. The Balaban J connectivity index is 1.88. The minimum Gasteiger partial charge on any atom is -0.408 e. The third kappa shape index (κ3) is 2.12. The molecule has 0 bridgehead atoms. The Bertz CT molecular complexity index is 1120. The Morgan fingerprint density at radius 2 is 2.09 bits per heavy atom. The number of fused-ring (bicyclic) bond motifs is 2. The van der Waals surface area contributed by atoms with Gasteiger partial charge in [0, 0.05) is 18.7 Å². The van der Waals surface area contributed by atoms with Gasteiger partial charge in [0.25, 0.3) is 0 Å². The fraction of sp³-hybridized carbons (Fsp3) is 0.0588. The molecule has 4 rings (SSSR count). The van der Waals surface area contributed by atoms with Crippen LogP contribution in [0.25, 0.3) is 16.4 Å². The predicted octanol–water partition coefficient (Wildman–Crippen LogP) is 2.38. The summed E-state index contributed by atoms with van der Waals surface area (Å²) in [6, 6.07) is 10.3. The number of aryl methyl sites for hydroxylation is 1. The Hall–Kier alpha value is -3.28. The van der Waals surface area contributed by atoms with Gasteiger partial charge in [0.2, 0.25) is 5.78 Å². The highest BCUT2D eigenvalue weighted by atomic mass is 16.4. The number of hydrogen-bond donors (Lipinski definition) is 0.